The Morgan fingerprint density at radius 1 is 1.27 bits per heavy atom. The molecule has 0 spiro atoms. The van der Waals surface area contributed by atoms with Crippen LogP contribution in [0.5, 0.6) is 0 Å². The highest BCUT2D eigenvalue weighted by atomic mass is 32.1. The predicted molar refractivity (Wildman–Crippen MR) is 102 cm³/mol. The number of rotatable bonds is 2. The standard InChI is InChI=1S/C19H21N3O3S/c1-25-19(24)22-9-2-4-13-12-14(6-7-15(13)22)20-18(23)21-10-8-16(21)17-5-3-11-26-17/h3,5-7,11-12,16H,2,4,8-10H2,1H3,(H,20,23)/t16-/m1/s1. The zero-order chi connectivity index (χ0) is 18.1. The third kappa shape index (κ3) is 3.03. The summed E-state index contributed by atoms with van der Waals surface area (Å²) < 4.78 is 4.85. The first-order valence-electron chi connectivity index (χ1n) is 8.77. The summed E-state index contributed by atoms with van der Waals surface area (Å²) in [7, 11) is 1.39. The summed E-state index contributed by atoms with van der Waals surface area (Å²) in [6.45, 7) is 1.43. The van der Waals surface area contributed by atoms with Crippen LogP contribution >= 0.6 is 11.3 Å². The Morgan fingerprint density at radius 3 is 2.85 bits per heavy atom. The largest absolute Gasteiger partial charge is 0.452 e. The summed E-state index contributed by atoms with van der Waals surface area (Å²) in [6, 6.07) is 9.89. The van der Waals surface area contributed by atoms with E-state index in [2.05, 4.69) is 11.4 Å². The molecule has 26 heavy (non-hydrogen) atoms. The van der Waals surface area contributed by atoms with E-state index in [0.29, 0.717) is 6.54 Å². The maximum absolute atomic E-state index is 12.6. The predicted octanol–water partition coefficient (Wildman–Crippen LogP) is 4.25. The summed E-state index contributed by atoms with van der Waals surface area (Å²) in [6.07, 6.45) is 2.42. The number of hydrogen-bond acceptors (Lipinski definition) is 4. The number of nitrogens with one attached hydrogen (secondary N) is 1. The Kier molecular flexibility index (Phi) is 4.55. The minimum absolute atomic E-state index is 0.0739. The molecule has 7 heteroatoms. The van der Waals surface area contributed by atoms with Gasteiger partial charge in [-0.1, -0.05) is 6.07 Å². The van der Waals surface area contributed by atoms with Gasteiger partial charge in [0.2, 0.25) is 0 Å². The van der Waals surface area contributed by atoms with E-state index in [1.54, 1.807) is 16.2 Å². The highest BCUT2D eigenvalue weighted by molar-refractivity contribution is 7.10. The van der Waals surface area contributed by atoms with E-state index in [-0.39, 0.29) is 18.2 Å². The summed E-state index contributed by atoms with van der Waals surface area (Å²) in [5.41, 5.74) is 2.68. The molecule has 0 bridgehead atoms. The third-order valence-corrected chi connectivity index (χ3v) is 5.97. The van der Waals surface area contributed by atoms with Crippen LogP contribution in [-0.4, -0.2) is 37.2 Å². The molecule has 3 heterocycles. The van der Waals surface area contributed by atoms with Crippen molar-refractivity contribution in [1.29, 1.82) is 0 Å². The van der Waals surface area contributed by atoms with Gasteiger partial charge in [0.15, 0.2) is 0 Å². The molecular weight excluding hydrogens is 350 g/mol. The van der Waals surface area contributed by atoms with Crippen LogP contribution < -0.4 is 10.2 Å². The van der Waals surface area contributed by atoms with E-state index in [4.69, 9.17) is 4.74 Å². The molecule has 1 atom stereocenters. The smallest absolute Gasteiger partial charge is 0.414 e. The summed E-state index contributed by atoms with van der Waals surface area (Å²) in [4.78, 5) is 29.3. The van der Waals surface area contributed by atoms with E-state index in [1.165, 1.54) is 12.0 Å². The van der Waals surface area contributed by atoms with Gasteiger partial charge in [0, 0.05) is 23.7 Å². The first-order valence-corrected chi connectivity index (χ1v) is 9.65. The molecule has 1 N–H and O–H groups in total. The van der Waals surface area contributed by atoms with Crippen molar-refractivity contribution >= 4 is 34.8 Å². The van der Waals surface area contributed by atoms with E-state index < -0.39 is 0 Å². The van der Waals surface area contributed by atoms with Crippen molar-refractivity contribution in [3.63, 3.8) is 0 Å². The Balaban J connectivity index is 1.47. The number of fused-ring (bicyclic) bond motifs is 1. The van der Waals surface area contributed by atoms with Gasteiger partial charge >= 0.3 is 12.1 Å². The third-order valence-electron chi connectivity index (χ3n) is 5.00. The number of anilines is 2. The van der Waals surface area contributed by atoms with Crippen molar-refractivity contribution in [3.05, 3.63) is 46.2 Å². The van der Waals surface area contributed by atoms with Gasteiger partial charge in [0.05, 0.1) is 18.8 Å². The SMILES string of the molecule is COC(=O)N1CCCc2cc(NC(=O)N3CC[C@@H]3c3cccs3)ccc21. The van der Waals surface area contributed by atoms with E-state index >= 15 is 0 Å². The molecule has 4 rings (SSSR count). The summed E-state index contributed by atoms with van der Waals surface area (Å²) in [5.74, 6) is 0. The molecule has 3 amide bonds. The minimum Gasteiger partial charge on any atom is -0.452 e. The zero-order valence-corrected chi connectivity index (χ0v) is 15.4. The van der Waals surface area contributed by atoms with E-state index in [9.17, 15) is 9.59 Å². The maximum Gasteiger partial charge on any atom is 0.414 e. The average molecular weight is 371 g/mol. The number of amides is 3. The van der Waals surface area contributed by atoms with Gasteiger partial charge in [0.1, 0.15) is 0 Å². The second kappa shape index (κ2) is 6.99. The molecule has 2 aliphatic rings. The van der Waals surface area contributed by atoms with Crippen LogP contribution in [0.15, 0.2) is 35.7 Å². The van der Waals surface area contributed by atoms with Crippen molar-refractivity contribution < 1.29 is 14.3 Å². The van der Waals surface area contributed by atoms with Crippen LogP contribution in [0.4, 0.5) is 21.0 Å². The van der Waals surface area contributed by atoms with Crippen LogP contribution in [0.3, 0.4) is 0 Å². The molecule has 0 unspecified atom stereocenters. The van der Waals surface area contributed by atoms with Gasteiger partial charge < -0.3 is 15.0 Å². The fourth-order valence-electron chi connectivity index (χ4n) is 3.58. The Hall–Kier alpha value is -2.54. The monoisotopic (exact) mass is 371 g/mol. The van der Waals surface area contributed by atoms with Gasteiger partial charge in [-0.05, 0) is 54.5 Å². The first kappa shape index (κ1) is 16.9. The Labute approximate surface area is 156 Å². The second-order valence-corrected chi connectivity index (χ2v) is 7.49. The van der Waals surface area contributed by atoms with Crippen molar-refractivity contribution in [2.24, 2.45) is 0 Å². The normalized spacial score (nSPS) is 18.7. The number of hydrogen-bond donors (Lipinski definition) is 1. The van der Waals surface area contributed by atoms with E-state index in [0.717, 1.165) is 42.7 Å². The number of likely N-dealkylation sites (tertiary alicyclic amines) is 1. The highest BCUT2D eigenvalue weighted by Gasteiger charge is 2.34. The molecule has 1 fully saturated rings. The second-order valence-electron chi connectivity index (χ2n) is 6.51. The summed E-state index contributed by atoms with van der Waals surface area (Å²) in [5, 5.41) is 5.04. The highest BCUT2D eigenvalue weighted by Crippen LogP contribution is 2.36. The number of urea groups is 1. The molecule has 0 radical (unpaired) electrons. The molecule has 1 aromatic carbocycles. The van der Waals surface area contributed by atoms with Crippen LogP contribution in [0, 0.1) is 0 Å². The number of thiophene rings is 1. The van der Waals surface area contributed by atoms with E-state index in [1.807, 2.05) is 34.5 Å². The lowest BCUT2D eigenvalue weighted by molar-refractivity contribution is 0.128. The molecule has 2 aromatic rings. The van der Waals surface area contributed by atoms with Crippen molar-refractivity contribution in [1.82, 2.24) is 4.90 Å². The molecular formula is C19H21N3O3S. The van der Waals surface area contributed by atoms with Gasteiger partial charge in [-0.3, -0.25) is 4.90 Å². The lowest BCUT2D eigenvalue weighted by Gasteiger charge is -2.40. The van der Waals surface area contributed by atoms with Crippen LogP contribution in [0.2, 0.25) is 0 Å². The molecule has 1 aromatic heterocycles. The quantitative estimate of drug-likeness (QED) is 0.859. The van der Waals surface area contributed by atoms with Gasteiger partial charge in [0.25, 0.3) is 0 Å². The maximum atomic E-state index is 12.6. The lowest BCUT2D eigenvalue weighted by atomic mass is 10.0. The number of aryl methyl sites for hydroxylation is 1. The van der Waals surface area contributed by atoms with Crippen molar-refractivity contribution in [3.8, 4) is 0 Å². The fraction of sp³-hybridized carbons (Fsp3) is 0.368. The number of ether oxygens (including phenoxy) is 1. The molecule has 6 nitrogen and oxygen atoms in total. The van der Waals surface area contributed by atoms with Gasteiger partial charge in [-0.2, -0.15) is 0 Å². The number of carbonyl (C=O) groups is 2. The zero-order valence-electron chi connectivity index (χ0n) is 14.6. The fourth-order valence-corrected chi connectivity index (χ4v) is 4.45. The number of methoxy groups -OCH3 is 1. The lowest BCUT2D eigenvalue weighted by Crippen LogP contribution is -2.47. The number of carbonyl (C=O) groups excluding carboxylic acids is 2. The average Bonchev–Trinajstić information content (AvgIpc) is 3.13. The minimum atomic E-state index is -0.345. The number of benzene rings is 1. The first-order chi connectivity index (χ1) is 12.7. The Morgan fingerprint density at radius 2 is 2.15 bits per heavy atom. The molecule has 0 aliphatic carbocycles. The topological polar surface area (TPSA) is 61.9 Å². The summed E-state index contributed by atoms with van der Waals surface area (Å²) >= 11 is 1.69. The molecule has 2 aliphatic heterocycles. The van der Waals surface area contributed by atoms with Gasteiger partial charge in [-0.25, -0.2) is 9.59 Å². The molecule has 136 valence electrons. The van der Waals surface area contributed by atoms with Crippen LogP contribution in [0.1, 0.15) is 29.3 Å². The van der Waals surface area contributed by atoms with Crippen molar-refractivity contribution in [2.45, 2.75) is 25.3 Å². The van der Waals surface area contributed by atoms with Crippen LogP contribution in [-0.2, 0) is 11.2 Å². The molecule has 1 saturated heterocycles. The van der Waals surface area contributed by atoms with Crippen molar-refractivity contribution in [2.75, 3.05) is 30.4 Å². The molecule has 0 saturated carbocycles. The van der Waals surface area contributed by atoms with Crippen LogP contribution in [0.25, 0.3) is 0 Å². The number of nitrogens with zero attached hydrogens (tertiary/aromatic N) is 2. The Bertz CT molecular complexity index is 821. The van der Waals surface area contributed by atoms with Gasteiger partial charge in [-0.15, -0.1) is 11.3 Å².